The quantitative estimate of drug-likeness (QED) is 0.834. The molecule has 1 aliphatic heterocycles. The van der Waals surface area contributed by atoms with Crippen molar-refractivity contribution in [2.45, 2.75) is 13.5 Å². The number of imidazole rings is 1. The molecule has 0 aromatic carbocycles. The maximum atomic E-state index is 5.35. The van der Waals surface area contributed by atoms with Crippen molar-refractivity contribution in [3.05, 3.63) is 23.0 Å². The minimum atomic E-state index is 0.872. The van der Waals surface area contributed by atoms with Gasteiger partial charge in [-0.3, -0.25) is 9.30 Å². The smallest absolute Gasteiger partial charge is 0.194 e. The Balaban J connectivity index is 1.49. The number of aryl methyl sites for hydroxylation is 1. The molecule has 5 nitrogen and oxygen atoms in total. The Morgan fingerprint density at radius 1 is 1.42 bits per heavy atom. The zero-order valence-electron chi connectivity index (χ0n) is 11.3. The number of rotatable bonds is 5. The van der Waals surface area contributed by atoms with Crippen molar-refractivity contribution in [1.82, 2.24) is 19.6 Å². The fourth-order valence-corrected chi connectivity index (χ4v) is 3.20. The summed E-state index contributed by atoms with van der Waals surface area (Å²) in [6, 6.07) is 0. The Hall–Kier alpha value is -0.950. The van der Waals surface area contributed by atoms with Crippen LogP contribution in [-0.4, -0.2) is 53.7 Å². The Morgan fingerprint density at radius 3 is 3.11 bits per heavy atom. The molecule has 1 aliphatic rings. The number of ether oxygens (including phenoxy) is 1. The minimum absolute atomic E-state index is 0.872. The maximum absolute atomic E-state index is 5.35. The monoisotopic (exact) mass is 280 g/mol. The van der Waals surface area contributed by atoms with Gasteiger partial charge in [0.05, 0.1) is 24.6 Å². The molecule has 2 aromatic heterocycles. The number of hydrogen-bond acceptors (Lipinski definition) is 5. The zero-order valence-corrected chi connectivity index (χ0v) is 12.1. The second-order valence-corrected chi connectivity index (χ2v) is 5.70. The van der Waals surface area contributed by atoms with Crippen LogP contribution in [0.5, 0.6) is 0 Å². The van der Waals surface area contributed by atoms with Gasteiger partial charge >= 0.3 is 0 Å². The molecule has 19 heavy (non-hydrogen) atoms. The lowest BCUT2D eigenvalue weighted by Crippen LogP contribution is -2.40. The number of morpholine rings is 1. The van der Waals surface area contributed by atoms with E-state index in [1.807, 2.05) is 0 Å². The van der Waals surface area contributed by atoms with Gasteiger partial charge in [0.15, 0.2) is 4.96 Å². The molecule has 3 rings (SSSR count). The predicted octanol–water partition coefficient (Wildman–Crippen LogP) is 1.13. The Morgan fingerprint density at radius 2 is 2.26 bits per heavy atom. The van der Waals surface area contributed by atoms with Crippen molar-refractivity contribution in [2.75, 3.05) is 39.4 Å². The molecule has 3 heterocycles. The molecule has 2 aromatic rings. The van der Waals surface area contributed by atoms with Crippen molar-refractivity contribution >= 4 is 16.3 Å². The molecule has 1 fully saturated rings. The van der Waals surface area contributed by atoms with E-state index in [1.54, 1.807) is 11.3 Å². The number of hydrogen-bond donors (Lipinski definition) is 1. The van der Waals surface area contributed by atoms with Crippen LogP contribution in [0.2, 0.25) is 0 Å². The lowest BCUT2D eigenvalue weighted by molar-refractivity contribution is 0.0384. The van der Waals surface area contributed by atoms with Gasteiger partial charge in [0.1, 0.15) is 0 Å². The van der Waals surface area contributed by atoms with Crippen molar-refractivity contribution < 1.29 is 4.74 Å². The second kappa shape index (κ2) is 6.00. The predicted molar refractivity (Wildman–Crippen MR) is 76.8 cm³/mol. The average Bonchev–Trinajstić information content (AvgIpc) is 2.98. The molecule has 1 saturated heterocycles. The van der Waals surface area contributed by atoms with Gasteiger partial charge in [0, 0.05) is 44.3 Å². The summed E-state index contributed by atoms with van der Waals surface area (Å²) in [6.07, 6.45) is 2.10. The molecule has 0 saturated carbocycles. The van der Waals surface area contributed by atoms with E-state index in [1.165, 1.54) is 5.69 Å². The summed E-state index contributed by atoms with van der Waals surface area (Å²) < 4.78 is 7.53. The van der Waals surface area contributed by atoms with Gasteiger partial charge in [-0.15, -0.1) is 11.3 Å². The third-order valence-corrected chi connectivity index (χ3v) is 4.32. The molecule has 0 spiro atoms. The summed E-state index contributed by atoms with van der Waals surface area (Å²) in [4.78, 5) is 8.09. The number of nitrogens with one attached hydrogen (secondary N) is 1. The first kappa shape index (κ1) is 13.1. The largest absolute Gasteiger partial charge is 0.379 e. The molecule has 6 heteroatoms. The van der Waals surface area contributed by atoms with Crippen LogP contribution >= 0.6 is 11.3 Å². The van der Waals surface area contributed by atoms with Crippen LogP contribution in [0.4, 0.5) is 0 Å². The molecule has 1 N–H and O–H groups in total. The van der Waals surface area contributed by atoms with Gasteiger partial charge in [-0.25, -0.2) is 4.98 Å². The SMILES string of the molecule is Cc1nc2sccn2c1CNCCN1CCOCC1. The Bertz CT molecular complexity index is 530. The molecule has 0 radical (unpaired) electrons. The Labute approximate surface area is 117 Å². The zero-order chi connectivity index (χ0) is 13.1. The first-order chi connectivity index (χ1) is 9.34. The van der Waals surface area contributed by atoms with E-state index >= 15 is 0 Å². The molecule has 0 atom stereocenters. The van der Waals surface area contributed by atoms with E-state index < -0.39 is 0 Å². The van der Waals surface area contributed by atoms with Crippen LogP contribution in [0.15, 0.2) is 11.6 Å². The lowest BCUT2D eigenvalue weighted by Gasteiger charge is -2.26. The number of fused-ring (bicyclic) bond motifs is 1. The van der Waals surface area contributed by atoms with E-state index in [2.05, 4.69) is 38.1 Å². The highest BCUT2D eigenvalue weighted by Gasteiger charge is 2.11. The van der Waals surface area contributed by atoms with Gasteiger partial charge < -0.3 is 10.1 Å². The van der Waals surface area contributed by atoms with Crippen LogP contribution in [0.3, 0.4) is 0 Å². The van der Waals surface area contributed by atoms with Crippen LogP contribution in [0.25, 0.3) is 4.96 Å². The summed E-state index contributed by atoms with van der Waals surface area (Å²) in [6.45, 7) is 8.93. The van der Waals surface area contributed by atoms with Gasteiger partial charge in [0.2, 0.25) is 0 Å². The summed E-state index contributed by atoms with van der Waals surface area (Å²) >= 11 is 1.69. The van der Waals surface area contributed by atoms with Crippen molar-refractivity contribution in [3.63, 3.8) is 0 Å². The van der Waals surface area contributed by atoms with Crippen LogP contribution in [0.1, 0.15) is 11.4 Å². The molecular weight excluding hydrogens is 260 g/mol. The normalized spacial score (nSPS) is 17.3. The highest BCUT2D eigenvalue weighted by Crippen LogP contribution is 2.16. The lowest BCUT2D eigenvalue weighted by atomic mass is 10.3. The second-order valence-electron chi connectivity index (χ2n) is 4.83. The first-order valence-corrected chi connectivity index (χ1v) is 7.64. The van der Waals surface area contributed by atoms with E-state index in [4.69, 9.17) is 4.74 Å². The number of thiazole rings is 1. The molecular formula is C13H20N4OS. The molecule has 0 bridgehead atoms. The minimum Gasteiger partial charge on any atom is -0.379 e. The van der Waals surface area contributed by atoms with Crippen molar-refractivity contribution in [1.29, 1.82) is 0 Å². The van der Waals surface area contributed by atoms with Gasteiger partial charge in [0.25, 0.3) is 0 Å². The highest BCUT2D eigenvalue weighted by atomic mass is 32.1. The van der Waals surface area contributed by atoms with Gasteiger partial charge in [-0.1, -0.05) is 0 Å². The van der Waals surface area contributed by atoms with E-state index in [-0.39, 0.29) is 0 Å². The van der Waals surface area contributed by atoms with Gasteiger partial charge in [-0.05, 0) is 6.92 Å². The van der Waals surface area contributed by atoms with E-state index in [0.717, 1.165) is 56.6 Å². The third-order valence-electron chi connectivity index (χ3n) is 3.56. The molecule has 0 amide bonds. The van der Waals surface area contributed by atoms with Crippen LogP contribution in [0, 0.1) is 6.92 Å². The third kappa shape index (κ3) is 2.97. The molecule has 104 valence electrons. The van der Waals surface area contributed by atoms with E-state index in [0.29, 0.717) is 0 Å². The van der Waals surface area contributed by atoms with Crippen LogP contribution < -0.4 is 5.32 Å². The first-order valence-electron chi connectivity index (χ1n) is 6.76. The summed E-state index contributed by atoms with van der Waals surface area (Å²) in [7, 11) is 0. The Kier molecular flexibility index (Phi) is 4.12. The summed E-state index contributed by atoms with van der Waals surface area (Å²) in [5.41, 5.74) is 2.41. The highest BCUT2D eigenvalue weighted by molar-refractivity contribution is 7.15. The fourth-order valence-electron chi connectivity index (χ4n) is 2.42. The molecule has 0 aliphatic carbocycles. The maximum Gasteiger partial charge on any atom is 0.194 e. The van der Waals surface area contributed by atoms with Gasteiger partial charge in [-0.2, -0.15) is 0 Å². The summed E-state index contributed by atoms with van der Waals surface area (Å²) in [5.74, 6) is 0. The van der Waals surface area contributed by atoms with Crippen LogP contribution in [-0.2, 0) is 11.3 Å². The average molecular weight is 280 g/mol. The number of nitrogens with zero attached hydrogens (tertiary/aromatic N) is 3. The van der Waals surface area contributed by atoms with Crippen molar-refractivity contribution in [2.24, 2.45) is 0 Å². The standard InChI is InChI=1S/C13H20N4OS/c1-11-12(17-6-9-19-13(17)15-11)10-14-2-3-16-4-7-18-8-5-16/h6,9,14H,2-5,7-8,10H2,1H3. The topological polar surface area (TPSA) is 41.8 Å². The van der Waals surface area contributed by atoms with Crippen molar-refractivity contribution in [3.8, 4) is 0 Å². The molecule has 0 unspecified atom stereocenters. The van der Waals surface area contributed by atoms with E-state index in [9.17, 15) is 0 Å². The summed E-state index contributed by atoms with van der Waals surface area (Å²) in [5, 5.41) is 5.60. The fraction of sp³-hybridized carbons (Fsp3) is 0.615. The number of aromatic nitrogens is 2.